The van der Waals surface area contributed by atoms with Crippen LogP contribution in [0.15, 0.2) is 91.0 Å². The number of nitrogens with one attached hydrogen (secondary N) is 1. The molecule has 1 atom stereocenters. The van der Waals surface area contributed by atoms with Gasteiger partial charge in [0.15, 0.2) is 0 Å². The van der Waals surface area contributed by atoms with Gasteiger partial charge in [-0.05, 0) is 42.6 Å². The normalized spacial score (nSPS) is 19.0. The van der Waals surface area contributed by atoms with Gasteiger partial charge in [0, 0.05) is 12.6 Å². The summed E-state index contributed by atoms with van der Waals surface area (Å²) < 4.78 is 0. The van der Waals surface area contributed by atoms with Gasteiger partial charge < -0.3 is 4.90 Å². The molecule has 0 radical (unpaired) electrons. The van der Waals surface area contributed by atoms with E-state index in [0.717, 1.165) is 13.1 Å². The van der Waals surface area contributed by atoms with E-state index in [4.69, 9.17) is 0 Å². The molecule has 1 N–H and O–H groups in total. The first-order valence-corrected chi connectivity index (χ1v) is 13.0. The summed E-state index contributed by atoms with van der Waals surface area (Å²) in [6.07, 6.45) is 9.31. The molecule has 1 aliphatic heterocycles. The van der Waals surface area contributed by atoms with Gasteiger partial charge in [-0.2, -0.15) is 0 Å². The van der Waals surface area contributed by atoms with Crippen LogP contribution >= 0.6 is 0 Å². The molecule has 1 fully saturated rings. The summed E-state index contributed by atoms with van der Waals surface area (Å²) in [4.78, 5) is 2.66. The predicted molar refractivity (Wildman–Crippen MR) is 141 cm³/mol. The lowest BCUT2D eigenvalue weighted by Crippen LogP contribution is -2.53. The van der Waals surface area contributed by atoms with E-state index in [1.807, 2.05) is 0 Å². The maximum atomic E-state index is 4.28. The molecule has 1 saturated heterocycles. The van der Waals surface area contributed by atoms with E-state index in [2.05, 4.69) is 108 Å². The van der Waals surface area contributed by atoms with Gasteiger partial charge >= 0.3 is 0 Å². The minimum absolute atomic E-state index is 0.381. The van der Waals surface area contributed by atoms with Crippen LogP contribution in [0.4, 0.5) is 0 Å². The van der Waals surface area contributed by atoms with Gasteiger partial charge in [0.25, 0.3) is 0 Å². The third kappa shape index (κ3) is 5.93. The zero-order chi connectivity index (χ0) is 22.8. The van der Waals surface area contributed by atoms with Gasteiger partial charge in [0.05, 0.1) is 5.54 Å². The molecule has 0 spiro atoms. The fourth-order valence-corrected chi connectivity index (χ4v) is 5.45. The molecule has 2 nitrogen and oxygen atoms in total. The van der Waals surface area contributed by atoms with Gasteiger partial charge in [0.1, 0.15) is 0 Å². The summed E-state index contributed by atoms with van der Waals surface area (Å²) in [5.41, 5.74) is 3.54. The Hall–Kier alpha value is -2.42. The summed E-state index contributed by atoms with van der Waals surface area (Å²) in [5.74, 6) is 0. The lowest BCUT2D eigenvalue weighted by Gasteiger charge is -2.41. The van der Waals surface area contributed by atoms with Crippen LogP contribution in [0.2, 0.25) is 0 Å². The summed E-state index contributed by atoms with van der Waals surface area (Å²) in [6, 6.07) is 33.6. The number of hydrogen-bond acceptors (Lipinski definition) is 2. The van der Waals surface area contributed by atoms with Crippen molar-refractivity contribution in [2.24, 2.45) is 0 Å². The standard InChI is InChI=1S/C31H40N2/c1-2-33-25-17-6-4-3-5-16-24-30(26-33)32-31(27-18-10-7-11-19-27,28-20-12-8-13-21-28)29-22-14-9-15-23-29/h7-15,18-23,30,32H,2-6,16-17,24-26H2,1H3. The van der Waals surface area contributed by atoms with Crippen molar-refractivity contribution < 1.29 is 0 Å². The summed E-state index contributed by atoms with van der Waals surface area (Å²) in [6.45, 7) is 5.75. The number of benzene rings is 3. The largest absolute Gasteiger partial charge is 0.302 e. The second-order valence-electron chi connectivity index (χ2n) is 9.49. The van der Waals surface area contributed by atoms with Crippen molar-refractivity contribution in [3.8, 4) is 0 Å². The van der Waals surface area contributed by atoms with Crippen LogP contribution in [-0.2, 0) is 5.54 Å². The first-order valence-electron chi connectivity index (χ1n) is 13.0. The van der Waals surface area contributed by atoms with Crippen molar-refractivity contribution in [3.05, 3.63) is 108 Å². The minimum Gasteiger partial charge on any atom is -0.302 e. The highest BCUT2D eigenvalue weighted by atomic mass is 15.2. The van der Waals surface area contributed by atoms with Crippen molar-refractivity contribution >= 4 is 0 Å². The molecule has 2 heteroatoms. The van der Waals surface area contributed by atoms with E-state index in [1.165, 1.54) is 68.2 Å². The highest BCUT2D eigenvalue weighted by molar-refractivity contribution is 5.49. The van der Waals surface area contributed by atoms with Gasteiger partial charge in [-0.3, -0.25) is 5.32 Å². The molecule has 3 aromatic rings. The predicted octanol–water partition coefficient (Wildman–Crippen LogP) is 7.00. The zero-order valence-electron chi connectivity index (χ0n) is 20.3. The fourth-order valence-electron chi connectivity index (χ4n) is 5.45. The molecule has 0 aromatic heterocycles. The Balaban J connectivity index is 1.79. The Morgan fingerprint density at radius 1 is 0.667 bits per heavy atom. The second-order valence-corrected chi connectivity index (χ2v) is 9.49. The Morgan fingerprint density at radius 3 is 1.61 bits per heavy atom. The van der Waals surface area contributed by atoms with Crippen molar-refractivity contribution in [1.29, 1.82) is 0 Å². The third-order valence-electron chi connectivity index (χ3n) is 7.24. The SMILES string of the molecule is CCN1CCCCCCCCC(NC(c2ccccc2)(c2ccccc2)c2ccccc2)C1. The van der Waals surface area contributed by atoms with Crippen LogP contribution in [0.5, 0.6) is 0 Å². The zero-order valence-corrected chi connectivity index (χ0v) is 20.3. The molecular formula is C31H40N2. The maximum absolute atomic E-state index is 4.28. The Kier molecular flexibility index (Phi) is 8.74. The van der Waals surface area contributed by atoms with Crippen LogP contribution < -0.4 is 5.32 Å². The number of rotatable bonds is 6. The molecular weight excluding hydrogens is 400 g/mol. The van der Waals surface area contributed by atoms with Crippen molar-refractivity contribution in [2.45, 2.75) is 63.5 Å². The van der Waals surface area contributed by atoms with Crippen molar-refractivity contribution in [2.75, 3.05) is 19.6 Å². The number of hydrogen-bond donors (Lipinski definition) is 1. The molecule has 4 rings (SSSR count). The van der Waals surface area contributed by atoms with Crippen LogP contribution in [0.25, 0.3) is 0 Å². The molecule has 0 saturated carbocycles. The molecule has 3 aromatic carbocycles. The third-order valence-corrected chi connectivity index (χ3v) is 7.24. The van der Waals surface area contributed by atoms with Crippen LogP contribution in [0, 0.1) is 0 Å². The van der Waals surface area contributed by atoms with Gasteiger partial charge in [0.2, 0.25) is 0 Å². The highest BCUT2D eigenvalue weighted by Gasteiger charge is 2.38. The molecule has 33 heavy (non-hydrogen) atoms. The Labute approximate surface area is 201 Å². The highest BCUT2D eigenvalue weighted by Crippen LogP contribution is 2.37. The Bertz CT molecular complexity index is 826. The van der Waals surface area contributed by atoms with E-state index in [-0.39, 0.29) is 5.54 Å². The molecule has 1 unspecified atom stereocenters. The van der Waals surface area contributed by atoms with E-state index in [9.17, 15) is 0 Å². The van der Waals surface area contributed by atoms with E-state index in [1.54, 1.807) is 0 Å². The fraction of sp³-hybridized carbons (Fsp3) is 0.419. The van der Waals surface area contributed by atoms with Gasteiger partial charge in [-0.25, -0.2) is 0 Å². The van der Waals surface area contributed by atoms with Crippen molar-refractivity contribution in [1.82, 2.24) is 10.2 Å². The second kappa shape index (κ2) is 12.2. The van der Waals surface area contributed by atoms with Gasteiger partial charge in [-0.1, -0.05) is 130 Å². The minimum atomic E-state index is -0.381. The van der Waals surface area contributed by atoms with Crippen LogP contribution in [0.1, 0.15) is 68.6 Å². The van der Waals surface area contributed by atoms with Crippen LogP contribution in [0.3, 0.4) is 0 Å². The lowest BCUT2D eigenvalue weighted by molar-refractivity contribution is 0.225. The molecule has 1 aliphatic rings. The van der Waals surface area contributed by atoms with Crippen LogP contribution in [-0.4, -0.2) is 30.6 Å². The van der Waals surface area contributed by atoms with E-state index >= 15 is 0 Å². The molecule has 1 heterocycles. The number of likely N-dealkylation sites (N-methyl/N-ethyl adjacent to an activating group) is 1. The first kappa shape index (κ1) is 23.7. The first-order chi connectivity index (χ1) is 16.3. The monoisotopic (exact) mass is 440 g/mol. The number of nitrogens with zero attached hydrogens (tertiary/aromatic N) is 1. The topological polar surface area (TPSA) is 15.3 Å². The average molecular weight is 441 g/mol. The summed E-state index contributed by atoms with van der Waals surface area (Å²) in [5, 5.41) is 4.28. The maximum Gasteiger partial charge on any atom is 0.0950 e. The lowest BCUT2D eigenvalue weighted by atomic mass is 9.76. The Morgan fingerprint density at radius 2 is 1.12 bits per heavy atom. The smallest absolute Gasteiger partial charge is 0.0950 e. The molecule has 0 amide bonds. The summed E-state index contributed by atoms with van der Waals surface area (Å²) in [7, 11) is 0. The quantitative estimate of drug-likeness (QED) is 0.415. The van der Waals surface area contributed by atoms with E-state index < -0.39 is 0 Å². The summed E-state index contributed by atoms with van der Waals surface area (Å²) >= 11 is 0. The van der Waals surface area contributed by atoms with Gasteiger partial charge in [-0.15, -0.1) is 0 Å². The van der Waals surface area contributed by atoms with E-state index in [0.29, 0.717) is 6.04 Å². The molecule has 0 aliphatic carbocycles. The molecule has 0 bridgehead atoms. The average Bonchev–Trinajstić information content (AvgIpc) is 2.94. The molecule has 174 valence electrons. The van der Waals surface area contributed by atoms with Crippen molar-refractivity contribution in [3.63, 3.8) is 0 Å².